The number of hydrogen-bond acceptors (Lipinski definition) is 5. The minimum Gasteiger partial charge on any atom is -0.360 e. The number of carbonyl (C=O) groups is 1. The third kappa shape index (κ3) is 4.82. The Bertz CT molecular complexity index is 870. The number of halogens is 3. The second-order valence-corrected chi connectivity index (χ2v) is 7.13. The molecule has 0 aliphatic heterocycles. The van der Waals surface area contributed by atoms with Crippen LogP contribution in [0, 0.1) is 13.8 Å². The summed E-state index contributed by atoms with van der Waals surface area (Å²) in [5.41, 5.74) is -0.455. The van der Waals surface area contributed by atoms with E-state index in [9.17, 15) is 26.4 Å². The molecule has 2 aromatic rings. The smallest absolute Gasteiger partial charge is 0.360 e. The van der Waals surface area contributed by atoms with E-state index in [4.69, 9.17) is 4.52 Å². The van der Waals surface area contributed by atoms with Crippen molar-refractivity contribution in [1.82, 2.24) is 9.88 Å². The first-order chi connectivity index (χ1) is 12.0. The van der Waals surface area contributed by atoms with E-state index >= 15 is 0 Å². The van der Waals surface area contributed by atoms with Crippen LogP contribution in [-0.2, 0) is 21.0 Å². The van der Waals surface area contributed by atoms with Crippen molar-refractivity contribution >= 4 is 21.6 Å². The Balaban J connectivity index is 1.89. The first-order valence-electron chi connectivity index (χ1n) is 7.40. The first-order valence-corrected chi connectivity index (χ1v) is 8.88. The summed E-state index contributed by atoms with van der Waals surface area (Å²) in [5.74, 6) is -0.421. The molecular formula is C15H16F3N3O4S. The van der Waals surface area contributed by atoms with Crippen molar-refractivity contribution in [3.8, 4) is 0 Å². The lowest BCUT2D eigenvalue weighted by Gasteiger charge is -2.09. The zero-order valence-electron chi connectivity index (χ0n) is 13.8. The second kappa shape index (κ2) is 7.46. The van der Waals surface area contributed by atoms with Crippen molar-refractivity contribution < 1.29 is 30.9 Å². The van der Waals surface area contributed by atoms with Gasteiger partial charge in [0, 0.05) is 18.7 Å². The maximum atomic E-state index is 12.5. The van der Waals surface area contributed by atoms with E-state index in [1.165, 1.54) is 13.8 Å². The van der Waals surface area contributed by atoms with E-state index < -0.39 is 27.7 Å². The number of nitrogens with zero attached hydrogens (tertiary/aromatic N) is 1. The van der Waals surface area contributed by atoms with Gasteiger partial charge in [0.15, 0.2) is 5.76 Å². The van der Waals surface area contributed by atoms with Gasteiger partial charge in [-0.2, -0.15) is 13.2 Å². The van der Waals surface area contributed by atoms with Crippen LogP contribution in [0.15, 0.2) is 33.7 Å². The standard InChI is InChI=1S/C15H16F3N3O4S/c1-9-14(10(2)25-21-9)26(23,24)19-8-7-13(22)20-12-5-3-11(4-6-12)15(16,17)18/h3-6,19H,7-8H2,1-2H3,(H,20,22). The van der Waals surface area contributed by atoms with Gasteiger partial charge in [-0.1, -0.05) is 5.16 Å². The van der Waals surface area contributed by atoms with Gasteiger partial charge >= 0.3 is 6.18 Å². The van der Waals surface area contributed by atoms with Crippen molar-refractivity contribution in [2.75, 3.05) is 11.9 Å². The molecule has 2 N–H and O–H groups in total. The minimum atomic E-state index is -4.46. The molecule has 0 radical (unpaired) electrons. The highest BCUT2D eigenvalue weighted by molar-refractivity contribution is 7.89. The predicted octanol–water partition coefficient (Wildman–Crippen LogP) is 2.62. The molecule has 0 unspecified atom stereocenters. The highest BCUT2D eigenvalue weighted by Crippen LogP contribution is 2.29. The van der Waals surface area contributed by atoms with Crippen LogP contribution >= 0.6 is 0 Å². The normalized spacial score (nSPS) is 12.2. The Labute approximate surface area is 147 Å². The number of benzene rings is 1. The monoisotopic (exact) mass is 391 g/mol. The fraction of sp³-hybridized carbons (Fsp3) is 0.333. The second-order valence-electron chi connectivity index (χ2n) is 5.42. The molecule has 0 aliphatic carbocycles. The zero-order valence-corrected chi connectivity index (χ0v) is 14.7. The summed E-state index contributed by atoms with van der Waals surface area (Å²) in [5, 5.41) is 5.94. The fourth-order valence-electron chi connectivity index (χ4n) is 2.20. The summed E-state index contributed by atoms with van der Waals surface area (Å²) in [6, 6.07) is 3.93. The molecule has 0 saturated heterocycles. The number of anilines is 1. The molecule has 1 aromatic heterocycles. The number of sulfonamides is 1. The van der Waals surface area contributed by atoms with E-state index in [0.29, 0.717) is 0 Å². The van der Waals surface area contributed by atoms with E-state index in [1.807, 2.05) is 0 Å². The third-order valence-corrected chi connectivity index (χ3v) is 5.08. The summed E-state index contributed by atoms with van der Waals surface area (Å²) < 4.78 is 68.8. The fourth-order valence-corrected chi connectivity index (χ4v) is 3.55. The lowest BCUT2D eigenvalue weighted by Crippen LogP contribution is -2.28. The Morgan fingerprint density at radius 2 is 1.81 bits per heavy atom. The van der Waals surface area contributed by atoms with Crippen LogP contribution in [-0.4, -0.2) is 26.0 Å². The van der Waals surface area contributed by atoms with Crippen LogP contribution in [0.1, 0.15) is 23.4 Å². The maximum absolute atomic E-state index is 12.5. The highest BCUT2D eigenvalue weighted by Gasteiger charge is 2.30. The van der Waals surface area contributed by atoms with Crippen molar-refractivity contribution in [3.05, 3.63) is 41.3 Å². The van der Waals surface area contributed by atoms with Crippen LogP contribution in [0.25, 0.3) is 0 Å². The molecule has 0 bridgehead atoms. The number of nitrogens with one attached hydrogen (secondary N) is 2. The zero-order chi connectivity index (χ0) is 19.5. The van der Waals surface area contributed by atoms with Crippen LogP contribution in [0.2, 0.25) is 0 Å². The Kier molecular flexibility index (Phi) is 5.71. The van der Waals surface area contributed by atoms with Gasteiger partial charge in [0.2, 0.25) is 15.9 Å². The number of alkyl halides is 3. The highest BCUT2D eigenvalue weighted by atomic mass is 32.2. The largest absolute Gasteiger partial charge is 0.416 e. The molecule has 1 heterocycles. The SMILES string of the molecule is Cc1noc(C)c1S(=O)(=O)NCCC(=O)Nc1ccc(C(F)(F)F)cc1. The van der Waals surface area contributed by atoms with Crippen molar-refractivity contribution in [2.45, 2.75) is 31.3 Å². The Hall–Kier alpha value is -2.40. The molecule has 0 saturated carbocycles. The van der Waals surface area contributed by atoms with Crippen LogP contribution in [0.3, 0.4) is 0 Å². The quantitative estimate of drug-likeness (QED) is 0.788. The molecule has 1 amide bonds. The topological polar surface area (TPSA) is 101 Å². The van der Waals surface area contributed by atoms with Gasteiger partial charge in [-0.3, -0.25) is 4.79 Å². The number of hydrogen-bond donors (Lipinski definition) is 2. The number of carbonyl (C=O) groups excluding carboxylic acids is 1. The van der Waals surface area contributed by atoms with Gasteiger partial charge in [-0.15, -0.1) is 0 Å². The summed E-state index contributed by atoms with van der Waals surface area (Å²) in [4.78, 5) is 11.7. The lowest BCUT2D eigenvalue weighted by atomic mass is 10.2. The summed E-state index contributed by atoms with van der Waals surface area (Å²) in [6.07, 6.45) is -4.66. The van der Waals surface area contributed by atoms with Gasteiger partial charge in [-0.05, 0) is 38.1 Å². The van der Waals surface area contributed by atoms with Gasteiger partial charge in [0.1, 0.15) is 10.6 Å². The van der Waals surface area contributed by atoms with Crippen LogP contribution < -0.4 is 10.0 Å². The molecule has 0 spiro atoms. The molecule has 26 heavy (non-hydrogen) atoms. The lowest BCUT2D eigenvalue weighted by molar-refractivity contribution is -0.137. The average Bonchev–Trinajstić information content (AvgIpc) is 2.86. The molecule has 0 atom stereocenters. The molecule has 0 aliphatic rings. The summed E-state index contributed by atoms with van der Waals surface area (Å²) in [7, 11) is -3.88. The van der Waals surface area contributed by atoms with Crippen LogP contribution in [0.5, 0.6) is 0 Å². The predicted molar refractivity (Wildman–Crippen MR) is 85.9 cm³/mol. The molecule has 0 fully saturated rings. The number of amides is 1. The van der Waals surface area contributed by atoms with Crippen molar-refractivity contribution in [1.29, 1.82) is 0 Å². The molecule has 1 aromatic carbocycles. The summed E-state index contributed by atoms with van der Waals surface area (Å²) in [6.45, 7) is 2.73. The molecule has 7 nitrogen and oxygen atoms in total. The third-order valence-electron chi connectivity index (χ3n) is 3.38. The van der Waals surface area contributed by atoms with Gasteiger partial charge in [0.05, 0.1) is 5.56 Å². The molecular weight excluding hydrogens is 375 g/mol. The number of rotatable bonds is 6. The van der Waals surface area contributed by atoms with Crippen LogP contribution in [0.4, 0.5) is 18.9 Å². The molecule has 142 valence electrons. The molecule has 11 heteroatoms. The molecule has 2 rings (SSSR count). The maximum Gasteiger partial charge on any atom is 0.416 e. The van der Waals surface area contributed by atoms with Gasteiger partial charge in [-0.25, -0.2) is 13.1 Å². The van der Waals surface area contributed by atoms with E-state index in [0.717, 1.165) is 24.3 Å². The van der Waals surface area contributed by atoms with E-state index in [2.05, 4.69) is 15.2 Å². The minimum absolute atomic E-state index is 0.0827. The van der Waals surface area contributed by atoms with Gasteiger partial charge < -0.3 is 9.84 Å². The van der Waals surface area contributed by atoms with Gasteiger partial charge in [0.25, 0.3) is 0 Å². The average molecular weight is 391 g/mol. The van der Waals surface area contributed by atoms with E-state index in [1.54, 1.807) is 0 Å². The van der Waals surface area contributed by atoms with Crippen molar-refractivity contribution in [2.24, 2.45) is 0 Å². The summed E-state index contributed by atoms with van der Waals surface area (Å²) >= 11 is 0. The Morgan fingerprint density at radius 1 is 1.19 bits per heavy atom. The number of aromatic nitrogens is 1. The van der Waals surface area contributed by atoms with Crippen molar-refractivity contribution in [3.63, 3.8) is 0 Å². The number of aryl methyl sites for hydroxylation is 2. The van der Waals surface area contributed by atoms with E-state index in [-0.39, 0.29) is 35.0 Å². The Morgan fingerprint density at radius 3 is 2.31 bits per heavy atom. The first kappa shape index (κ1) is 19.9.